The van der Waals surface area contributed by atoms with Crippen molar-refractivity contribution in [3.8, 4) is 0 Å². The molecule has 32 heavy (non-hydrogen) atoms. The van der Waals surface area contributed by atoms with Crippen molar-refractivity contribution in [1.82, 2.24) is 4.90 Å². The molecule has 0 heterocycles. The summed E-state index contributed by atoms with van der Waals surface area (Å²) in [6.07, 6.45) is 22.5. The van der Waals surface area contributed by atoms with Gasteiger partial charge in [-0.1, -0.05) is 122 Å². The molecule has 0 unspecified atom stereocenters. The molecule has 0 aliphatic heterocycles. The highest BCUT2D eigenvalue weighted by Gasteiger charge is 2.11. The van der Waals surface area contributed by atoms with Gasteiger partial charge in [0.15, 0.2) is 0 Å². The zero-order chi connectivity index (χ0) is 23.3. The molecule has 1 N–H and O–H groups in total. The third kappa shape index (κ3) is 14.7. The van der Waals surface area contributed by atoms with E-state index in [0.29, 0.717) is 5.56 Å². The first-order chi connectivity index (χ1) is 15.7. The lowest BCUT2D eigenvalue weighted by molar-refractivity contribution is 0.0695. The number of hydrogen-bond donors (Lipinski definition) is 1. The van der Waals surface area contributed by atoms with Gasteiger partial charge >= 0.3 is 5.97 Å². The third-order valence-corrected chi connectivity index (χ3v) is 6.60. The quantitative estimate of drug-likeness (QED) is 0.182. The van der Waals surface area contributed by atoms with Crippen LogP contribution in [0.15, 0.2) is 24.3 Å². The Labute approximate surface area is 199 Å². The van der Waals surface area contributed by atoms with Gasteiger partial charge in [-0.25, -0.2) is 4.79 Å². The van der Waals surface area contributed by atoms with E-state index >= 15 is 0 Å². The monoisotopic (exact) mass is 445 g/mol. The fourth-order valence-electron chi connectivity index (χ4n) is 4.50. The second-order valence-corrected chi connectivity index (χ2v) is 9.50. The number of carboxylic acid groups (broad SMARTS) is 1. The first-order valence-corrected chi connectivity index (χ1v) is 13.7. The van der Waals surface area contributed by atoms with Crippen LogP contribution in [0.1, 0.15) is 133 Å². The first kappa shape index (κ1) is 28.7. The predicted molar refractivity (Wildman–Crippen MR) is 139 cm³/mol. The van der Waals surface area contributed by atoms with E-state index < -0.39 is 5.97 Å². The highest BCUT2D eigenvalue weighted by Crippen LogP contribution is 2.14. The number of benzene rings is 1. The molecule has 0 radical (unpaired) electrons. The summed E-state index contributed by atoms with van der Waals surface area (Å²) < 4.78 is 0. The van der Waals surface area contributed by atoms with Crippen LogP contribution < -0.4 is 0 Å². The van der Waals surface area contributed by atoms with Crippen molar-refractivity contribution in [3.05, 3.63) is 35.4 Å². The van der Waals surface area contributed by atoms with Gasteiger partial charge in [-0.2, -0.15) is 0 Å². The molecule has 3 heteroatoms. The summed E-state index contributed by atoms with van der Waals surface area (Å²) in [7, 11) is 0. The van der Waals surface area contributed by atoms with E-state index in [4.69, 9.17) is 0 Å². The van der Waals surface area contributed by atoms with Gasteiger partial charge in [-0.05, 0) is 44.0 Å². The van der Waals surface area contributed by atoms with Crippen molar-refractivity contribution in [3.63, 3.8) is 0 Å². The summed E-state index contributed by atoms with van der Waals surface area (Å²) in [5.74, 6) is -0.807. The topological polar surface area (TPSA) is 40.5 Å². The highest BCUT2D eigenvalue weighted by atomic mass is 16.4. The lowest BCUT2D eigenvalue weighted by Crippen LogP contribution is -2.29. The van der Waals surface area contributed by atoms with Crippen molar-refractivity contribution in [1.29, 1.82) is 0 Å². The standard InChI is InChI=1S/C29H51NO2/c1-3-5-7-9-11-13-15-19-24-30(25-20-16-14-12-10-8-6-4-2)26-23-27-21-17-18-22-28(27)29(31)32/h17-18,21-22H,3-16,19-20,23-26H2,1-2H3,(H,31,32). The molecule has 0 spiro atoms. The average molecular weight is 446 g/mol. The fourth-order valence-corrected chi connectivity index (χ4v) is 4.50. The average Bonchev–Trinajstić information content (AvgIpc) is 2.80. The largest absolute Gasteiger partial charge is 0.478 e. The van der Waals surface area contributed by atoms with Crippen LogP contribution in [0.2, 0.25) is 0 Å². The van der Waals surface area contributed by atoms with Gasteiger partial charge in [0, 0.05) is 6.54 Å². The van der Waals surface area contributed by atoms with Gasteiger partial charge in [0.25, 0.3) is 0 Å². The van der Waals surface area contributed by atoms with Gasteiger partial charge in [-0.15, -0.1) is 0 Å². The van der Waals surface area contributed by atoms with E-state index in [9.17, 15) is 9.90 Å². The molecule has 0 amide bonds. The molecular weight excluding hydrogens is 394 g/mol. The highest BCUT2D eigenvalue weighted by molar-refractivity contribution is 5.89. The Bertz CT molecular complexity index is 552. The molecule has 0 aromatic heterocycles. The van der Waals surface area contributed by atoms with Crippen LogP contribution in [-0.2, 0) is 6.42 Å². The molecule has 0 aliphatic carbocycles. The molecule has 0 fully saturated rings. The second kappa shape index (κ2) is 20.3. The minimum Gasteiger partial charge on any atom is -0.478 e. The Hall–Kier alpha value is -1.35. The number of hydrogen-bond acceptors (Lipinski definition) is 2. The molecule has 0 saturated heterocycles. The predicted octanol–water partition coefficient (Wildman–Crippen LogP) is 8.51. The maximum absolute atomic E-state index is 11.5. The zero-order valence-electron chi connectivity index (χ0n) is 21.3. The Kier molecular flexibility index (Phi) is 18.2. The molecule has 1 rings (SSSR count). The molecule has 0 bridgehead atoms. The van der Waals surface area contributed by atoms with Crippen LogP contribution in [0.25, 0.3) is 0 Å². The molecule has 0 saturated carbocycles. The summed E-state index contributed by atoms with van der Waals surface area (Å²) in [6, 6.07) is 7.50. The van der Waals surface area contributed by atoms with Crippen molar-refractivity contribution in [2.45, 2.75) is 123 Å². The molecule has 0 aliphatic rings. The Morgan fingerprint density at radius 2 is 1.09 bits per heavy atom. The van der Waals surface area contributed by atoms with E-state index in [1.54, 1.807) is 6.07 Å². The van der Waals surface area contributed by atoms with Gasteiger partial charge in [0.05, 0.1) is 5.56 Å². The molecule has 1 aromatic carbocycles. The minimum absolute atomic E-state index is 0.464. The zero-order valence-corrected chi connectivity index (χ0v) is 21.3. The van der Waals surface area contributed by atoms with Crippen molar-refractivity contribution < 1.29 is 9.90 Å². The number of aromatic carboxylic acids is 1. The van der Waals surface area contributed by atoms with Crippen molar-refractivity contribution in [2.75, 3.05) is 19.6 Å². The van der Waals surface area contributed by atoms with E-state index in [2.05, 4.69) is 18.7 Å². The van der Waals surface area contributed by atoms with Crippen molar-refractivity contribution in [2.24, 2.45) is 0 Å². The van der Waals surface area contributed by atoms with E-state index in [0.717, 1.165) is 31.6 Å². The minimum atomic E-state index is -0.807. The van der Waals surface area contributed by atoms with Crippen LogP contribution in [0, 0.1) is 0 Å². The second-order valence-electron chi connectivity index (χ2n) is 9.50. The Balaban J connectivity index is 2.36. The number of unbranched alkanes of at least 4 members (excludes halogenated alkanes) is 14. The third-order valence-electron chi connectivity index (χ3n) is 6.60. The summed E-state index contributed by atoms with van der Waals surface area (Å²) in [6.45, 7) is 7.82. The smallest absolute Gasteiger partial charge is 0.335 e. The maximum Gasteiger partial charge on any atom is 0.335 e. The van der Waals surface area contributed by atoms with Gasteiger partial charge in [0.2, 0.25) is 0 Å². The van der Waals surface area contributed by atoms with Crippen LogP contribution in [0.3, 0.4) is 0 Å². The number of rotatable bonds is 22. The van der Waals surface area contributed by atoms with Crippen molar-refractivity contribution >= 4 is 5.97 Å². The van der Waals surface area contributed by atoms with Crippen LogP contribution in [-0.4, -0.2) is 35.6 Å². The summed E-state index contributed by atoms with van der Waals surface area (Å²) in [5.41, 5.74) is 1.43. The van der Waals surface area contributed by atoms with Gasteiger partial charge < -0.3 is 10.0 Å². The van der Waals surface area contributed by atoms with Gasteiger partial charge in [-0.3, -0.25) is 0 Å². The van der Waals surface area contributed by atoms with Crippen LogP contribution in [0.5, 0.6) is 0 Å². The van der Waals surface area contributed by atoms with E-state index in [1.165, 1.54) is 103 Å². The fraction of sp³-hybridized carbons (Fsp3) is 0.759. The number of nitrogens with zero attached hydrogens (tertiary/aromatic N) is 1. The lowest BCUT2D eigenvalue weighted by atomic mass is 10.0. The molecule has 0 atom stereocenters. The normalized spacial score (nSPS) is 11.3. The summed E-state index contributed by atoms with van der Waals surface area (Å²) in [5, 5.41) is 9.47. The Morgan fingerprint density at radius 3 is 1.56 bits per heavy atom. The van der Waals surface area contributed by atoms with Crippen LogP contribution >= 0.6 is 0 Å². The SMILES string of the molecule is CCCCCCCCCCN(CCCCCCCCCC)CCc1ccccc1C(=O)O. The van der Waals surface area contributed by atoms with Crippen LogP contribution in [0.4, 0.5) is 0 Å². The molecule has 184 valence electrons. The molecule has 3 nitrogen and oxygen atoms in total. The number of carbonyl (C=O) groups is 1. The lowest BCUT2D eigenvalue weighted by Gasteiger charge is -2.23. The van der Waals surface area contributed by atoms with Gasteiger partial charge in [0.1, 0.15) is 0 Å². The number of carboxylic acids is 1. The van der Waals surface area contributed by atoms with E-state index in [-0.39, 0.29) is 0 Å². The molecular formula is C29H51NO2. The summed E-state index contributed by atoms with van der Waals surface area (Å²) in [4.78, 5) is 14.1. The first-order valence-electron chi connectivity index (χ1n) is 13.7. The Morgan fingerprint density at radius 1 is 0.656 bits per heavy atom. The summed E-state index contributed by atoms with van der Waals surface area (Å²) >= 11 is 0. The molecule has 1 aromatic rings. The maximum atomic E-state index is 11.5. The van der Waals surface area contributed by atoms with E-state index in [1.807, 2.05) is 18.2 Å².